The summed E-state index contributed by atoms with van der Waals surface area (Å²) in [6.45, 7) is 5.28. The molecule has 0 spiro atoms. The van der Waals surface area contributed by atoms with Crippen molar-refractivity contribution in [2.45, 2.75) is 45.3 Å². The number of hydrogen-bond acceptors (Lipinski definition) is 3. The van der Waals surface area contributed by atoms with Crippen LogP contribution < -0.4 is 0 Å². The molecule has 2 heterocycles. The molecule has 4 nitrogen and oxygen atoms in total. The maximum atomic E-state index is 11.9. The van der Waals surface area contributed by atoms with Crippen molar-refractivity contribution < 1.29 is 13.2 Å². The van der Waals surface area contributed by atoms with Crippen LogP contribution in [-0.2, 0) is 14.8 Å². The highest BCUT2D eigenvalue weighted by Crippen LogP contribution is 2.33. The maximum Gasteiger partial charge on any atom is 0.214 e. The molecular weight excluding hydrogens is 226 g/mol. The van der Waals surface area contributed by atoms with Crippen molar-refractivity contribution in [2.75, 3.05) is 18.8 Å². The van der Waals surface area contributed by atoms with Gasteiger partial charge in [-0.3, -0.25) is 0 Å². The first-order valence-corrected chi connectivity index (χ1v) is 7.77. The van der Waals surface area contributed by atoms with Gasteiger partial charge in [-0.05, 0) is 26.2 Å². The SMILES string of the molecule is CCCS(=O)(=O)N1CC[C@@H]2O[C@@H](C)C[C@H]2C1. The Balaban J connectivity index is 2.01. The Labute approximate surface area is 98.0 Å². The highest BCUT2D eigenvalue weighted by molar-refractivity contribution is 7.89. The Morgan fingerprint density at radius 3 is 2.88 bits per heavy atom. The first kappa shape index (κ1) is 12.3. The molecule has 0 radical (unpaired) electrons. The summed E-state index contributed by atoms with van der Waals surface area (Å²) in [5.74, 6) is 0.691. The van der Waals surface area contributed by atoms with Gasteiger partial charge in [-0.15, -0.1) is 0 Å². The fourth-order valence-electron chi connectivity index (χ4n) is 2.80. The number of rotatable bonds is 3. The Bertz CT molecular complexity index is 341. The van der Waals surface area contributed by atoms with Crippen LogP contribution in [0.4, 0.5) is 0 Å². The van der Waals surface area contributed by atoms with E-state index < -0.39 is 10.0 Å². The largest absolute Gasteiger partial charge is 0.375 e. The van der Waals surface area contributed by atoms with E-state index in [1.807, 2.05) is 6.92 Å². The summed E-state index contributed by atoms with van der Waals surface area (Å²) in [7, 11) is -3.01. The molecule has 0 aliphatic carbocycles. The molecule has 2 aliphatic rings. The van der Waals surface area contributed by atoms with Gasteiger partial charge in [0.2, 0.25) is 10.0 Å². The van der Waals surface area contributed by atoms with Crippen molar-refractivity contribution in [3.05, 3.63) is 0 Å². The summed E-state index contributed by atoms with van der Waals surface area (Å²) in [6.07, 6.45) is 3.15. The van der Waals surface area contributed by atoms with E-state index in [-0.39, 0.29) is 5.75 Å². The third-order valence-electron chi connectivity index (χ3n) is 3.52. The Morgan fingerprint density at radius 1 is 1.44 bits per heavy atom. The molecule has 2 fully saturated rings. The Kier molecular flexibility index (Phi) is 3.56. The predicted molar refractivity (Wildman–Crippen MR) is 62.7 cm³/mol. The molecule has 94 valence electrons. The third kappa shape index (κ3) is 2.41. The van der Waals surface area contributed by atoms with Gasteiger partial charge in [0.25, 0.3) is 0 Å². The molecule has 3 atom stereocenters. The smallest absolute Gasteiger partial charge is 0.214 e. The van der Waals surface area contributed by atoms with Gasteiger partial charge in [-0.1, -0.05) is 6.92 Å². The lowest BCUT2D eigenvalue weighted by Gasteiger charge is -2.33. The lowest BCUT2D eigenvalue weighted by molar-refractivity contribution is 0.0206. The van der Waals surface area contributed by atoms with E-state index in [0.29, 0.717) is 37.6 Å². The van der Waals surface area contributed by atoms with Crippen molar-refractivity contribution in [1.82, 2.24) is 4.31 Å². The van der Waals surface area contributed by atoms with Crippen molar-refractivity contribution in [2.24, 2.45) is 5.92 Å². The van der Waals surface area contributed by atoms with E-state index in [1.165, 1.54) is 0 Å². The molecule has 5 heteroatoms. The number of hydrogen-bond donors (Lipinski definition) is 0. The van der Waals surface area contributed by atoms with Gasteiger partial charge in [0.15, 0.2) is 0 Å². The molecular formula is C11H21NO3S. The van der Waals surface area contributed by atoms with E-state index in [2.05, 4.69) is 6.92 Å². The molecule has 0 amide bonds. The summed E-state index contributed by atoms with van der Waals surface area (Å²) in [4.78, 5) is 0. The molecule has 2 saturated heterocycles. The zero-order chi connectivity index (χ0) is 11.8. The van der Waals surface area contributed by atoms with Gasteiger partial charge in [0.05, 0.1) is 18.0 Å². The molecule has 2 rings (SSSR count). The number of ether oxygens (including phenoxy) is 1. The second kappa shape index (κ2) is 4.63. The van der Waals surface area contributed by atoms with Gasteiger partial charge in [0, 0.05) is 19.0 Å². The molecule has 0 unspecified atom stereocenters. The molecule has 0 aromatic heterocycles. The second-order valence-electron chi connectivity index (χ2n) is 4.94. The van der Waals surface area contributed by atoms with Crippen LogP contribution in [0.15, 0.2) is 0 Å². The van der Waals surface area contributed by atoms with Gasteiger partial charge < -0.3 is 4.74 Å². The zero-order valence-electron chi connectivity index (χ0n) is 10.1. The van der Waals surface area contributed by atoms with Crippen LogP contribution >= 0.6 is 0 Å². The lowest BCUT2D eigenvalue weighted by atomic mass is 9.94. The normalized spacial score (nSPS) is 36.2. The number of piperidine rings is 1. The van der Waals surface area contributed by atoms with E-state index in [1.54, 1.807) is 4.31 Å². The third-order valence-corrected chi connectivity index (χ3v) is 5.57. The number of sulfonamides is 1. The minimum atomic E-state index is -3.01. The number of fused-ring (bicyclic) bond motifs is 1. The van der Waals surface area contributed by atoms with E-state index in [9.17, 15) is 8.42 Å². The fourth-order valence-corrected chi connectivity index (χ4v) is 4.38. The first-order valence-electron chi connectivity index (χ1n) is 6.16. The summed E-state index contributed by atoms with van der Waals surface area (Å²) in [6, 6.07) is 0. The monoisotopic (exact) mass is 247 g/mol. The average Bonchev–Trinajstić information content (AvgIpc) is 2.56. The molecule has 0 N–H and O–H groups in total. The molecule has 0 aromatic rings. The standard InChI is InChI=1S/C11H21NO3S/c1-3-6-16(13,14)12-5-4-11-10(8-12)7-9(2)15-11/h9-11H,3-8H2,1-2H3/t9-,10-,11-/m0/s1. The van der Waals surface area contributed by atoms with Crippen molar-refractivity contribution in [3.8, 4) is 0 Å². The van der Waals surface area contributed by atoms with Crippen molar-refractivity contribution in [1.29, 1.82) is 0 Å². The van der Waals surface area contributed by atoms with Crippen LogP contribution in [0.25, 0.3) is 0 Å². The molecule has 2 aliphatic heterocycles. The summed E-state index contributed by atoms with van der Waals surface area (Å²) in [5.41, 5.74) is 0. The van der Waals surface area contributed by atoms with Gasteiger partial charge >= 0.3 is 0 Å². The van der Waals surface area contributed by atoms with Crippen LogP contribution in [0.5, 0.6) is 0 Å². The highest BCUT2D eigenvalue weighted by Gasteiger charge is 2.40. The van der Waals surface area contributed by atoms with Crippen LogP contribution in [-0.4, -0.2) is 43.8 Å². The molecule has 0 saturated carbocycles. The summed E-state index contributed by atoms with van der Waals surface area (Å²) < 4.78 is 31.3. The molecule has 16 heavy (non-hydrogen) atoms. The zero-order valence-corrected chi connectivity index (χ0v) is 10.9. The van der Waals surface area contributed by atoms with Gasteiger partial charge in [-0.2, -0.15) is 0 Å². The summed E-state index contributed by atoms with van der Waals surface area (Å²) in [5, 5.41) is 0. The van der Waals surface area contributed by atoms with E-state index in [4.69, 9.17) is 4.74 Å². The van der Waals surface area contributed by atoms with Gasteiger partial charge in [0.1, 0.15) is 0 Å². The van der Waals surface area contributed by atoms with Crippen LogP contribution in [0.3, 0.4) is 0 Å². The summed E-state index contributed by atoms with van der Waals surface area (Å²) >= 11 is 0. The van der Waals surface area contributed by atoms with Crippen LogP contribution in [0, 0.1) is 5.92 Å². The average molecular weight is 247 g/mol. The quantitative estimate of drug-likeness (QED) is 0.753. The van der Waals surface area contributed by atoms with E-state index >= 15 is 0 Å². The lowest BCUT2D eigenvalue weighted by Crippen LogP contribution is -2.45. The Morgan fingerprint density at radius 2 is 2.19 bits per heavy atom. The van der Waals surface area contributed by atoms with Crippen molar-refractivity contribution >= 4 is 10.0 Å². The second-order valence-corrected chi connectivity index (χ2v) is 7.03. The molecule has 0 bridgehead atoms. The minimum Gasteiger partial charge on any atom is -0.375 e. The van der Waals surface area contributed by atoms with Crippen LogP contribution in [0.2, 0.25) is 0 Å². The number of nitrogens with zero attached hydrogens (tertiary/aromatic N) is 1. The van der Waals surface area contributed by atoms with Crippen LogP contribution in [0.1, 0.15) is 33.1 Å². The topological polar surface area (TPSA) is 46.6 Å². The minimum absolute atomic E-state index is 0.279. The van der Waals surface area contributed by atoms with E-state index in [0.717, 1.165) is 12.8 Å². The maximum absolute atomic E-state index is 11.9. The Hall–Kier alpha value is -0.130. The highest BCUT2D eigenvalue weighted by atomic mass is 32.2. The van der Waals surface area contributed by atoms with Gasteiger partial charge in [-0.25, -0.2) is 12.7 Å². The van der Waals surface area contributed by atoms with Crippen molar-refractivity contribution in [3.63, 3.8) is 0 Å². The first-order chi connectivity index (χ1) is 7.53. The fraction of sp³-hybridized carbons (Fsp3) is 1.00. The molecule has 0 aromatic carbocycles. The predicted octanol–water partition coefficient (Wildman–Crippen LogP) is 1.23.